The first-order valence-electron chi connectivity index (χ1n) is 6.86. The summed E-state index contributed by atoms with van der Waals surface area (Å²) in [5.41, 5.74) is 7.57. The van der Waals surface area contributed by atoms with Crippen LogP contribution < -0.4 is 5.73 Å². The number of aryl methyl sites for hydroxylation is 1. The smallest absolute Gasteiger partial charge is 0.277 e. The molecule has 2 aromatic rings. The summed E-state index contributed by atoms with van der Waals surface area (Å²) in [7, 11) is 0. The largest absolute Gasteiger partial charge is 0.467 e. The minimum absolute atomic E-state index is 0.127. The van der Waals surface area contributed by atoms with Gasteiger partial charge in [-0.05, 0) is 31.4 Å². The van der Waals surface area contributed by atoms with Crippen molar-refractivity contribution < 1.29 is 9.21 Å². The van der Waals surface area contributed by atoms with Crippen molar-refractivity contribution in [2.24, 2.45) is 0 Å². The van der Waals surface area contributed by atoms with E-state index in [-0.39, 0.29) is 11.9 Å². The molecule has 6 heteroatoms. The first kappa shape index (κ1) is 12.8. The SMILES string of the molecule is CCc1[nH]nc(C(=O)N(Cc2ccco2)C2CC2)c1N. The van der Waals surface area contributed by atoms with Gasteiger partial charge in [0.1, 0.15) is 5.76 Å². The molecule has 2 heterocycles. The number of H-pyrrole nitrogens is 1. The van der Waals surface area contributed by atoms with Crippen molar-refractivity contribution in [2.75, 3.05) is 5.73 Å². The Balaban J connectivity index is 1.83. The van der Waals surface area contributed by atoms with Crippen molar-refractivity contribution in [1.82, 2.24) is 15.1 Å². The van der Waals surface area contributed by atoms with Gasteiger partial charge in [0, 0.05) is 6.04 Å². The number of aromatic nitrogens is 2. The summed E-state index contributed by atoms with van der Waals surface area (Å²) in [5.74, 6) is 0.646. The van der Waals surface area contributed by atoms with E-state index in [0.717, 1.165) is 30.7 Å². The summed E-state index contributed by atoms with van der Waals surface area (Å²) in [6.07, 6.45) is 4.39. The molecule has 106 valence electrons. The second-order valence-electron chi connectivity index (χ2n) is 5.06. The number of carbonyl (C=O) groups excluding carboxylic acids is 1. The Labute approximate surface area is 116 Å². The van der Waals surface area contributed by atoms with E-state index in [1.165, 1.54) is 0 Å². The molecule has 3 rings (SSSR count). The van der Waals surface area contributed by atoms with Crippen LogP contribution in [-0.2, 0) is 13.0 Å². The van der Waals surface area contributed by atoms with Gasteiger partial charge in [-0.1, -0.05) is 6.92 Å². The first-order valence-corrected chi connectivity index (χ1v) is 6.86. The lowest BCUT2D eigenvalue weighted by molar-refractivity contribution is 0.0712. The van der Waals surface area contributed by atoms with E-state index in [0.29, 0.717) is 17.9 Å². The Kier molecular flexibility index (Phi) is 3.22. The molecule has 0 aromatic carbocycles. The number of aromatic amines is 1. The van der Waals surface area contributed by atoms with Crippen LogP contribution in [0.3, 0.4) is 0 Å². The molecular weight excluding hydrogens is 256 g/mol. The Hall–Kier alpha value is -2.24. The predicted molar refractivity (Wildman–Crippen MR) is 74.0 cm³/mol. The topological polar surface area (TPSA) is 88.2 Å². The Morgan fingerprint density at radius 3 is 2.95 bits per heavy atom. The number of nitrogens with zero attached hydrogens (tertiary/aromatic N) is 2. The minimum Gasteiger partial charge on any atom is -0.467 e. The summed E-state index contributed by atoms with van der Waals surface area (Å²) in [5, 5.41) is 6.91. The molecule has 0 saturated heterocycles. The molecule has 0 spiro atoms. The van der Waals surface area contributed by atoms with Gasteiger partial charge in [0.05, 0.1) is 24.2 Å². The lowest BCUT2D eigenvalue weighted by Gasteiger charge is -2.20. The molecule has 20 heavy (non-hydrogen) atoms. The van der Waals surface area contributed by atoms with Gasteiger partial charge in [-0.15, -0.1) is 0 Å². The summed E-state index contributed by atoms with van der Waals surface area (Å²) in [6, 6.07) is 3.96. The van der Waals surface area contributed by atoms with Crippen molar-refractivity contribution in [1.29, 1.82) is 0 Å². The molecule has 1 amide bonds. The number of furan rings is 1. The van der Waals surface area contributed by atoms with Crippen LogP contribution in [0.4, 0.5) is 5.69 Å². The van der Waals surface area contributed by atoms with Gasteiger partial charge in [-0.25, -0.2) is 0 Å². The van der Waals surface area contributed by atoms with E-state index in [1.54, 1.807) is 11.2 Å². The van der Waals surface area contributed by atoms with Gasteiger partial charge in [0.15, 0.2) is 5.69 Å². The number of anilines is 1. The van der Waals surface area contributed by atoms with E-state index in [1.807, 2.05) is 19.1 Å². The normalized spacial score (nSPS) is 14.4. The van der Waals surface area contributed by atoms with Crippen LogP contribution in [0, 0.1) is 0 Å². The molecule has 0 aliphatic heterocycles. The Bertz CT molecular complexity index is 599. The quantitative estimate of drug-likeness (QED) is 0.872. The number of nitrogens with two attached hydrogens (primary N) is 1. The number of hydrogen-bond donors (Lipinski definition) is 2. The molecule has 1 aliphatic carbocycles. The van der Waals surface area contributed by atoms with Crippen molar-refractivity contribution in [3.63, 3.8) is 0 Å². The number of nitrogen functional groups attached to an aromatic ring is 1. The van der Waals surface area contributed by atoms with Crippen LogP contribution in [-0.4, -0.2) is 27.0 Å². The van der Waals surface area contributed by atoms with Crippen molar-refractivity contribution in [3.8, 4) is 0 Å². The molecular formula is C14H18N4O2. The van der Waals surface area contributed by atoms with E-state index in [2.05, 4.69) is 10.2 Å². The molecule has 2 aromatic heterocycles. The highest BCUT2D eigenvalue weighted by atomic mass is 16.3. The molecule has 6 nitrogen and oxygen atoms in total. The zero-order valence-corrected chi connectivity index (χ0v) is 11.4. The maximum Gasteiger partial charge on any atom is 0.277 e. The maximum absolute atomic E-state index is 12.6. The highest BCUT2D eigenvalue weighted by molar-refractivity contribution is 5.98. The van der Waals surface area contributed by atoms with Crippen molar-refractivity contribution in [3.05, 3.63) is 35.5 Å². The first-order chi connectivity index (χ1) is 9.70. The molecule has 0 bridgehead atoms. The van der Waals surface area contributed by atoms with Gasteiger partial charge in [0.25, 0.3) is 5.91 Å². The highest BCUT2D eigenvalue weighted by Crippen LogP contribution is 2.30. The third-order valence-corrected chi connectivity index (χ3v) is 3.59. The van der Waals surface area contributed by atoms with E-state index < -0.39 is 0 Å². The fraction of sp³-hybridized carbons (Fsp3) is 0.429. The van der Waals surface area contributed by atoms with Crippen LogP contribution in [0.1, 0.15) is 41.7 Å². The van der Waals surface area contributed by atoms with E-state index >= 15 is 0 Å². The number of rotatable bonds is 5. The number of amides is 1. The monoisotopic (exact) mass is 274 g/mol. The Morgan fingerprint density at radius 2 is 2.40 bits per heavy atom. The van der Waals surface area contributed by atoms with Gasteiger partial charge >= 0.3 is 0 Å². The number of hydrogen-bond acceptors (Lipinski definition) is 4. The summed E-state index contributed by atoms with van der Waals surface area (Å²) in [6.45, 7) is 2.43. The van der Waals surface area contributed by atoms with Crippen LogP contribution in [0.25, 0.3) is 0 Å². The summed E-state index contributed by atoms with van der Waals surface area (Å²) in [4.78, 5) is 14.4. The number of carbonyl (C=O) groups is 1. The summed E-state index contributed by atoms with van der Waals surface area (Å²) < 4.78 is 5.33. The lowest BCUT2D eigenvalue weighted by Crippen LogP contribution is -2.33. The Morgan fingerprint density at radius 1 is 1.60 bits per heavy atom. The second-order valence-corrected chi connectivity index (χ2v) is 5.06. The zero-order valence-electron chi connectivity index (χ0n) is 11.4. The van der Waals surface area contributed by atoms with Crippen LogP contribution in [0.2, 0.25) is 0 Å². The fourth-order valence-electron chi connectivity index (χ4n) is 2.28. The molecule has 0 atom stereocenters. The van der Waals surface area contributed by atoms with Gasteiger partial charge in [0.2, 0.25) is 0 Å². The molecule has 1 saturated carbocycles. The zero-order chi connectivity index (χ0) is 14.1. The third kappa shape index (κ3) is 2.29. The minimum atomic E-state index is -0.127. The third-order valence-electron chi connectivity index (χ3n) is 3.59. The fourth-order valence-corrected chi connectivity index (χ4v) is 2.28. The summed E-state index contributed by atoms with van der Waals surface area (Å²) >= 11 is 0. The van der Waals surface area contributed by atoms with Gasteiger partial charge < -0.3 is 15.1 Å². The van der Waals surface area contributed by atoms with Crippen LogP contribution in [0.5, 0.6) is 0 Å². The second kappa shape index (κ2) is 5.03. The molecule has 3 N–H and O–H groups in total. The van der Waals surface area contributed by atoms with E-state index in [4.69, 9.17) is 10.2 Å². The lowest BCUT2D eigenvalue weighted by atomic mass is 10.2. The van der Waals surface area contributed by atoms with Crippen LogP contribution in [0.15, 0.2) is 22.8 Å². The number of nitrogens with one attached hydrogen (secondary N) is 1. The van der Waals surface area contributed by atoms with Crippen molar-refractivity contribution in [2.45, 2.75) is 38.8 Å². The van der Waals surface area contributed by atoms with Crippen molar-refractivity contribution >= 4 is 11.6 Å². The van der Waals surface area contributed by atoms with Gasteiger partial charge in [-0.3, -0.25) is 9.89 Å². The standard InChI is InChI=1S/C14H18N4O2/c1-2-11-12(15)13(17-16-11)14(19)18(9-5-6-9)8-10-4-3-7-20-10/h3-4,7,9H,2,5-6,8,15H2,1H3,(H,16,17). The highest BCUT2D eigenvalue weighted by Gasteiger charge is 2.35. The molecule has 0 radical (unpaired) electrons. The van der Waals surface area contributed by atoms with Crippen LogP contribution >= 0.6 is 0 Å². The predicted octanol–water partition coefficient (Wildman–Crippen LogP) is 1.95. The average molecular weight is 274 g/mol. The molecule has 1 aliphatic rings. The van der Waals surface area contributed by atoms with E-state index in [9.17, 15) is 4.79 Å². The molecule has 0 unspecified atom stereocenters. The van der Waals surface area contributed by atoms with Gasteiger partial charge in [-0.2, -0.15) is 5.10 Å². The maximum atomic E-state index is 12.6. The molecule has 1 fully saturated rings. The average Bonchev–Trinajstić information content (AvgIpc) is 3.02.